The predicted octanol–water partition coefficient (Wildman–Crippen LogP) is 2.46. The Morgan fingerprint density at radius 2 is 2.09 bits per heavy atom. The molecule has 2 aliphatic rings. The van der Waals surface area contributed by atoms with Crippen LogP contribution in [0.2, 0.25) is 0 Å². The molecule has 1 aliphatic carbocycles. The second-order valence-electron chi connectivity index (χ2n) is 6.20. The normalized spacial score (nSPS) is 17.9. The van der Waals surface area contributed by atoms with Crippen LogP contribution in [0.15, 0.2) is 34.4 Å². The molecular weight excluding hydrogens is 312 g/mol. The Labute approximate surface area is 138 Å². The summed E-state index contributed by atoms with van der Waals surface area (Å²) in [4.78, 5) is 26.9. The standard InChI is InChI=1S/C17H18N2O3S/c1-11-7-13(8-16(20)19(11)12-4-5-12)22-14-9-18(10-14)17(21)15-3-2-6-23-15/h2-3,6-8,12,14H,4-5,9-10H2,1H3. The van der Waals surface area contributed by atoms with Gasteiger partial charge in [0, 0.05) is 17.8 Å². The summed E-state index contributed by atoms with van der Waals surface area (Å²) in [6, 6.07) is 7.57. The van der Waals surface area contributed by atoms with Crippen LogP contribution in [0.5, 0.6) is 5.75 Å². The molecule has 1 amide bonds. The first-order chi connectivity index (χ1) is 11.1. The van der Waals surface area contributed by atoms with Gasteiger partial charge in [0.05, 0.1) is 18.0 Å². The molecule has 1 saturated carbocycles. The number of amides is 1. The lowest BCUT2D eigenvalue weighted by Gasteiger charge is -2.38. The van der Waals surface area contributed by atoms with Gasteiger partial charge in [-0.05, 0) is 37.3 Å². The first-order valence-electron chi connectivity index (χ1n) is 7.84. The minimum Gasteiger partial charge on any atom is -0.486 e. The average Bonchev–Trinajstić information content (AvgIpc) is 3.13. The molecule has 2 aromatic heterocycles. The van der Waals surface area contributed by atoms with Gasteiger partial charge in [-0.1, -0.05) is 6.07 Å². The van der Waals surface area contributed by atoms with E-state index in [-0.39, 0.29) is 17.6 Å². The first kappa shape index (κ1) is 14.5. The van der Waals surface area contributed by atoms with Gasteiger partial charge in [-0.25, -0.2) is 0 Å². The predicted molar refractivity (Wildman–Crippen MR) is 88.3 cm³/mol. The molecule has 4 rings (SSSR count). The molecule has 23 heavy (non-hydrogen) atoms. The molecule has 0 spiro atoms. The van der Waals surface area contributed by atoms with Crippen molar-refractivity contribution in [2.24, 2.45) is 0 Å². The molecule has 0 radical (unpaired) electrons. The SMILES string of the molecule is Cc1cc(OC2CN(C(=O)c3cccs3)C2)cc(=O)n1C1CC1. The fourth-order valence-electron chi connectivity index (χ4n) is 2.98. The van der Waals surface area contributed by atoms with E-state index in [1.807, 2.05) is 35.1 Å². The smallest absolute Gasteiger partial charge is 0.264 e. The lowest BCUT2D eigenvalue weighted by atomic mass is 10.1. The molecule has 2 fully saturated rings. The summed E-state index contributed by atoms with van der Waals surface area (Å²) in [5.41, 5.74) is 0.953. The molecule has 3 heterocycles. The summed E-state index contributed by atoms with van der Waals surface area (Å²) >= 11 is 1.45. The van der Waals surface area contributed by atoms with Crippen LogP contribution in [0.25, 0.3) is 0 Å². The lowest BCUT2D eigenvalue weighted by Crippen LogP contribution is -2.56. The van der Waals surface area contributed by atoms with Crippen molar-refractivity contribution in [1.82, 2.24) is 9.47 Å². The molecule has 1 saturated heterocycles. The van der Waals surface area contributed by atoms with Gasteiger partial charge in [0.2, 0.25) is 0 Å². The Balaban J connectivity index is 1.39. The molecule has 5 nitrogen and oxygen atoms in total. The van der Waals surface area contributed by atoms with Crippen molar-refractivity contribution in [2.75, 3.05) is 13.1 Å². The van der Waals surface area contributed by atoms with Crippen LogP contribution in [0.1, 0.15) is 34.2 Å². The minimum atomic E-state index is -0.0329. The third-order valence-corrected chi connectivity index (χ3v) is 5.17. The van der Waals surface area contributed by atoms with E-state index < -0.39 is 0 Å². The number of hydrogen-bond acceptors (Lipinski definition) is 4. The lowest BCUT2D eigenvalue weighted by molar-refractivity contribution is 0.0180. The van der Waals surface area contributed by atoms with E-state index >= 15 is 0 Å². The second kappa shape index (κ2) is 5.53. The van der Waals surface area contributed by atoms with Crippen LogP contribution < -0.4 is 10.3 Å². The number of nitrogens with zero attached hydrogens (tertiary/aromatic N) is 2. The largest absolute Gasteiger partial charge is 0.486 e. The van der Waals surface area contributed by atoms with E-state index in [1.54, 1.807) is 11.0 Å². The summed E-state index contributed by atoms with van der Waals surface area (Å²) in [5, 5.41) is 1.90. The van der Waals surface area contributed by atoms with Crippen LogP contribution in [-0.2, 0) is 0 Å². The number of thiophene rings is 1. The number of aromatic nitrogens is 1. The third-order valence-electron chi connectivity index (χ3n) is 4.32. The molecule has 0 unspecified atom stereocenters. The number of rotatable bonds is 4. The van der Waals surface area contributed by atoms with Crippen molar-refractivity contribution in [3.8, 4) is 5.75 Å². The van der Waals surface area contributed by atoms with Crippen molar-refractivity contribution in [2.45, 2.75) is 31.9 Å². The highest BCUT2D eigenvalue weighted by Gasteiger charge is 2.33. The first-order valence-corrected chi connectivity index (χ1v) is 8.72. The topological polar surface area (TPSA) is 51.5 Å². The van der Waals surface area contributed by atoms with Gasteiger partial charge in [-0.3, -0.25) is 9.59 Å². The average molecular weight is 330 g/mol. The Morgan fingerprint density at radius 1 is 1.30 bits per heavy atom. The zero-order valence-corrected chi connectivity index (χ0v) is 13.7. The number of hydrogen-bond donors (Lipinski definition) is 0. The zero-order chi connectivity index (χ0) is 16.0. The quantitative estimate of drug-likeness (QED) is 0.865. The van der Waals surface area contributed by atoms with E-state index in [1.165, 1.54) is 11.3 Å². The van der Waals surface area contributed by atoms with E-state index in [9.17, 15) is 9.59 Å². The van der Waals surface area contributed by atoms with E-state index in [4.69, 9.17) is 4.74 Å². The molecule has 6 heteroatoms. The fraction of sp³-hybridized carbons (Fsp3) is 0.412. The van der Waals surface area contributed by atoms with Gasteiger partial charge >= 0.3 is 0 Å². The van der Waals surface area contributed by atoms with Gasteiger partial charge < -0.3 is 14.2 Å². The molecule has 0 atom stereocenters. The minimum absolute atomic E-state index is 0.00772. The van der Waals surface area contributed by atoms with Crippen molar-refractivity contribution in [3.63, 3.8) is 0 Å². The Morgan fingerprint density at radius 3 is 2.70 bits per heavy atom. The van der Waals surface area contributed by atoms with E-state index in [0.717, 1.165) is 23.4 Å². The van der Waals surface area contributed by atoms with E-state index in [0.29, 0.717) is 24.9 Å². The number of ether oxygens (including phenoxy) is 1. The molecule has 1 aliphatic heterocycles. The molecule has 2 aromatic rings. The van der Waals surface area contributed by atoms with Crippen molar-refractivity contribution in [1.29, 1.82) is 0 Å². The molecular formula is C17H18N2O3S. The summed E-state index contributed by atoms with van der Waals surface area (Å²) in [6.45, 7) is 3.09. The molecule has 120 valence electrons. The number of likely N-dealkylation sites (tertiary alicyclic amines) is 1. The maximum atomic E-state index is 12.2. The van der Waals surface area contributed by atoms with Crippen LogP contribution in [0.3, 0.4) is 0 Å². The highest BCUT2D eigenvalue weighted by molar-refractivity contribution is 7.12. The summed E-state index contributed by atoms with van der Waals surface area (Å²) in [6.07, 6.45) is 2.14. The Bertz CT molecular complexity index is 787. The summed E-state index contributed by atoms with van der Waals surface area (Å²) in [7, 11) is 0. The van der Waals surface area contributed by atoms with Crippen LogP contribution in [0.4, 0.5) is 0 Å². The molecule has 0 aromatic carbocycles. The van der Waals surface area contributed by atoms with Crippen molar-refractivity contribution < 1.29 is 9.53 Å². The summed E-state index contributed by atoms with van der Waals surface area (Å²) < 4.78 is 7.71. The van der Waals surface area contributed by atoms with Crippen LogP contribution >= 0.6 is 11.3 Å². The van der Waals surface area contributed by atoms with Gasteiger partial charge in [0.25, 0.3) is 11.5 Å². The van der Waals surface area contributed by atoms with Crippen LogP contribution in [0, 0.1) is 6.92 Å². The van der Waals surface area contributed by atoms with Crippen molar-refractivity contribution in [3.05, 3.63) is 50.6 Å². The maximum absolute atomic E-state index is 12.2. The Hall–Kier alpha value is -2.08. The maximum Gasteiger partial charge on any atom is 0.264 e. The van der Waals surface area contributed by atoms with Gasteiger partial charge in [0.15, 0.2) is 0 Å². The highest BCUT2D eigenvalue weighted by Crippen LogP contribution is 2.35. The highest BCUT2D eigenvalue weighted by atomic mass is 32.1. The number of aryl methyl sites for hydroxylation is 1. The molecule has 0 bridgehead atoms. The number of carbonyl (C=O) groups excluding carboxylic acids is 1. The van der Waals surface area contributed by atoms with Gasteiger partial charge in [0.1, 0.15) is 11.9 Å². The third kappa shape index (κ3) is 2.79. The number of carbonyl (C=O) groups is 1. The van der Waals surface area contributed by atoms with E-state index in [2.05, 4.69) is 0 Å². The Kier molecular flexibility index (Phi) is 3.49. The van der Waals surface area contributed by atoms with Crippen molar-refractivity contribution >= 4 is 17.2 Å². The number of pyridine rings is 1. The van der Waals surface area contributed by atoms with Gasteiger partial charge in [-0.15, -0.1) is 11.3 Å². The zero-order valence-electron chi connectivity index (χ0n) is 12.9. The second-order valence-corrected chi connectivity index (χ2v) is 7.15. The monoisotopic (exact) mass is 330 g/mol. The fourth-order valence-corrected chi connectivity index (χ4v) is 3.67. The summed E-state index contributed by atoms with van der Waals surface area (Å²) in [5.74, 6) is 0.665. The van der Waals surface area contributed by atoms with Crippen LogP contribution in [-0.4, -0.2) is 34.6 Å². The van der Waals surface area contributed by atoms with Gasteiger partial charge in [-0.2, -0.15) is 0 Å². The molecule has 0 N–H and O–H groups in total.